The first-order valence-electron chi connectivity index (χ1n) is 3.52. The van der Waals surface area contributed by atoms with Gasteiger partial charge >= 0.3 is 5.97 Å². The van der Waals surface area contributed by atoms with Crippen LogP contribution in [0.2, 0.25) is 0 Å². The average Bonchev–Trinajstić information content (AvgIpc) is 2.34. The van der Waals surface area contributed by atoms with Gasteiger partial charge in [-0.25, -0.2) is 4.79 Å². The predicted octanol–water partition coefficient (Wildman–Crippen LogP) is 0.870. The molecular formula is C8H11NO3. The number of methoxy groups -OCH3 is 1. The highest BCUT2D eigenvalue weighted by Gasteiger charge is 2.07. The van der Waals surface area contributed by atoms with Crippen LogP contribution in [0.3, 0.4) is 0 Å². The van der Waals surface area contributed by atoms with Gasteiger partial charge in [0.05, 0.1) is 12.2 Å². The first-order valence-corrected chi connectivity index (χ1v) is 3.52. The maximum atomic E-state index is 10.5. The second-order valence-electron chi connectivity index (χ2n) is 2.57. The third-order valence-electron chi connectivity index (χ3n) is 1.65. The van der Waals surface area contributed by atoms with Crippen molar-refractivity contribution in [3.8, 4) is 0 Å². The highest BCUT2D eigenvalue weighted by molar-refractivity contribution is 5.87. The molecule has 0 amide bonds. The number of nitrogens with zero attached hydrogens (tertiary/aromatic N) is 1. The Morgan fingerprint density at radius 1 is 1.75 bits per heavy atom. The van der Waals surface area contributed by atoms with Gasteiger partial charge in [-0.2, -0.15) is 0 Å². The van der Waals surface area contributed by atoms with E-state index in [2.05, 4.69) is 0 Å². The number of rotatable bonds is 3. The molecule has 1 aromatic heterocycles. The lowest BCUT2D eigenvalue weighted by molar-refractivity contribution is 0.0697. The Hall–Kier alpha value is -1.29. The van der Waals surface area contributed by atoms with E-state index in [-0.39, 0.29) is 0 Å². The van der Waals surface area contributed by atoms with Crippen molar-refractivity contribution in [2.45, 2.75) is 6.61 Å². The number of carboxylic acids is 1. The van der Waals surface area contributed by atoms with E-state index in [4.69, 9.17) is 9.84 Å². The zero-order chi connectivity index (χ0) is 9.14. The second-order valence-corrected chi connectivity index (χ2v) is 2.57. The van der Waals surface area contributed by atoms with Crippen molar-refractivity contribution in [1.82, 2.24) is 4.57 Å². The Morgan fingerprint density at radius 2 is 2.42 bits per heavy atom. The highest BCUT2D eigenvalue weighted by atomic mass is 16.5. The van der Waals surface area contributed by atoms with Crippen LogP contribution in [0.5, 0.6) is 0 Å². The van der Waals surface area contributed by atoms with E-state index in [1.165, 1.54) is 0 Å². The van der Waals surface area contributed by atoms with Crippen molar-refractivity contribution in [3.63, 3.8) is 0 Å². The Labute approximate surface area is 70.4 Å². The molecule has 66 valence electrons. The molecule has 0 saturated carbocycles. The summed E-state index contributed by atoms with van der Waals surface area (Å²) in [6.07, 6.45) is 1.57. The summed E-state index contributed by atoms with van der Waals surface area (Å²) in [6, 6.07) is 1.60. The minimum atomic E-state index is -0.909. The van der Waals surface area contributed by atoms with Crippen molar-refractivity contribution >= 4 is 5.97 Å². The van der Waals surface area contributed by atoms with Crippen LogP contribution in [-0.2, 0) is 18.4 Å². The van der Waals surface area contributed by atoms with Crippen LogP contribution in [0.4, 0.5) is 0 Å². The fourth-order valence-electron chi connectivity index (χ4n) is 1.02. The van der Waals surface area contributed by atoms with Crippen molar-refractivity contribution in [1.29, 1.82) is 0 Å². The number of carbonyl (C=O) groups is 1. The maximum absolute atomic E-state index is 10.5. The molecule has 4 nitrogen and oxygen atoms in total. The topological polar surface area (TPSA) is 51.5 Å². The van der Waals surface area contributed by atoms with E-state index in [1.54, 1.807) is 31.0 Å². The minimum Gasteiger partial charge on any atom is -0.478 e. The SMILES string of the molecule is COCc1cc(C(=O)O)cn1C. The molecule has 1 N–H and O–H groups in total. The number of aromatic carboxylic acids is 1. The van der Waals surface area contributed by atoms with E-state index in [1.807, 2.05) is 0 Å². The molecular weight excluding hydrogens is 158 g/mol. The second kappa shape index (κ2) is 3.40. The molecule has 1 aromatic rings. The molecule has 0 radical (unpaired) electrons. The molecule has 1 rings (SSSR count). The molecule has 0 unspecified atom stereocenters. The van der Waals surface area contributed by atoms with Crippen LogP contribution in [0.15, 0.2) is 12.3 Å². The van der Waals surface area contributed by atoms with Crippen molar-refractivity contribution in [2.24, 2.45) is 7.05 Å². The lowest BCUT2D eigenvalue weighted by atomic mass is 10.3. The van der Waals surface area contributed by atoms with E-state index < -0.39 is 5.97 Å². The summed E-state index contributed by atoms with van der Waals surface area (Å²) in [5.74, 6) is -0.909. The molecule has 1 heterocycles. The highest BCUT2D eigenvalue weighted by Crippen LogP contribution is 2.07. The van der Waals surface area contributed by atoms with Crippen molar-refractivity contribution < 1.29 is 14.6 Å². The van der Waals surface area contributed by atoms with E-state index in [9.17, 15) is 4.79 Å². The lowest BCUT2D eigenvalue weighted by Gasteiger charge is -1.98. The van der Waals surface area contributed by atoms with Crippen LogP contribution < -0.4 is 0 Å². The molecule has 0 aromatic carbocycles. The first-order chi connectivity index (χ1) is 5.65. The third-order valence-corrected chi connectivity index (χ3v) is 1.65. The van der Waals surface area contributed by atoms with Gasteiger partial charge in [0, 0.05) is 26.0 Å². The summed E-state index contributed by atoms with van der Waals surface area (Å²) in [4.78, 5) is 10.5. The summed E-state index contributed by atoms with van der Waals surface area (Å²) < 4.78 is 6.63. The smallest absolute Gasteiger partial charge is 0.337 e. The molecule has 0 atom stereocenters. The number of carboxylic acid groups (broad SMARTS) is 1. The normalized spacial score (nSPS) is 10.2. The molecule has 0 spiro atoms. The summed E-state index contributed by atoms with van der Waals surface area (Å²) in [5.41, 5.74) is 1.15. The average molecular weight is 169 g/mol. The molecule has 4 heteroatoms. The summed E-state index contributed by atoms with van der Waals surface area (Å²) in [7, 11) is 3.37. The Balaban J connectivity index is 2.92. The largest absolute Gasteiger partial charge is 0.478 e. The molecule has 0 bridgehead atoms. The van der Waals surface area contributed by atoms with Gasteiger partial charge in [0.1, 0.15) is 0 Å². The Morgan fingerprint density at radius 3 is 2.83 bits per heavy atom. The quantitative estimate of drug-likeness (QED) is 0.730. The third kappa shape index (κ3) is 1.65. The van der Waals surface area contributed by atoms with Crippen molar-refractivity contribution in [3.05, 3.63) is 23.5 Å². The van der Waals surface area contributed by atoms with Crippen LogP contribution in [-0.4, -0.2) is 22.8 Å². The molecule has 12 heavy (non-hydrogen) atoms. The van der Waals surface area contributed by atoms with Gasteiger partial charge < -0.3 is 14.4 Å². The van der Waals surface area contributed by atoms with Gasteiger partial charge in [-0.15, -0.1) is 0 Å². The van der Waals surface area contributed by atoms with Crippen LogP contribution in [0, 0.1) is 0 Å². The number of aryl methyl sites for hydroxylation is 1. The number of ether oxygens (including phenoxy) is 1. The monoisotopic (exact) mass is 169 g/mol. The summed E-state index contributed by atoms with van der Waals surface area (Å²) >= 11 is 0. The van der Waals surface area contributed by atoms with Gasteiger partial charge in [0.25, 0.3) is 0 Å². The zero-order valence-corrected chi connectivity index (χ0v) is 7.07. The zero-order valence-electron chi connectivity index (χ0n) is 7.07. The maximum Gasteiger partial charge on any atom is 0.337 e. The number of hydrogen-bond acceptors (Lipinski definition) is 2. The van der Waals surface area contributed by atoms with Crippen LogP contribution in [0.25, 0.3) is 0 Å². The fraction of sp³-hybridized carbons (Fsp3) is 0.375. The standard InChI is InChI=1S/C8H11NO3/c1-9-4-6(8(10)11)3-7(9)5-12-2/h3-4H,5H2,1-2H3,(H,10,11). The van der Waals surface area contributed by atoms with E-state index >= 15 is 0 Å². The predicted molar refractivity (Wildman–Crippen MR) is 43.1 cm³/mol. The van der Waals surface area contributed by atoms with E-state index in [0.717, 1.165) is 5.69 Å². The van der Waals surface area contributed by atoms with E-state index in [0.29, 0.717) is 12.2 Å². The van der Waals surface area contributed by atoms with Gasteiger partial charge in [0.2, 0.25) is 0 Å². The van der Waals surface area contributed by atoms with Crippen molar-refractivity contribution in [2.75, 3.05) is 7.11 Å². The fourth-order valence-corrected chi connectivity index (χ4v) is 1.02. The van der Waals surface area contributed by atoms with Crippen LogP contribution >= 0.6 is 0 Å². The van der Waals surface area contributed by atoms with Gasteiger partial charge in [-0.05, 0) is 6.07 Å². The Bertz CT molecular complexity index is 290. The molecule has 0 aliphatic rings. The van der Waals surface area contributed by atoms with Gasteiger partial charge in [-0.3, -0.25) is 0 Å². The number of hydrogen-bond donors (Lipinski definition) is 1. The minimum absolute atomic E-state index is 0.296. The summed E-state index contributed by atoms with van der Waals surface area (Å²) in [6.45, 7) is 0.434. The number of aromatic nitrogens is 1. The summed E-state index contributed by atoms with van der Waals surface area (Å²) in [5, 5.41) is 8.64. The molecule has 0 aliphatic carbocycles. The lowest BCUT2D eigenvalue weighted by Crippen LogP contribution is -1.95. The molecule has 0 fully saturated rings. The molecule has 0 aliphatic heterocycles. The molecule has 0 saturated heterocycles. The van der Waals surface area contributed by atoms with Gasteiger partial charge in [0.15, 0.2) is 0 Å². The van der Waals surface area contributed by atoms with Crippen LogP contribution in [0.1, 0.15) is 16.1 Å². The van der Waals surface area contributed by atoms with Gasteiger partial charge in [-0.1, -0.05) is 0 Å². The Kier molecular flexibility index (Phi) is 2.50. The first kappa shape index (κ1) is 8.80.